The van der Waals surface area contributed by atoms with E-state index in [-0.39, 0.29) is 6.10 Å². The topological polar surface area (TPSA) is 43.7 Å². The maximum atomic E-state index is 10.2. The van der Waals surface area contributed by atoms with Crippen LogP contribution in [0.25, 0.3) is 0 Å². The highest BCUT2D eigenvalue weighted by Gasteiger charge is 2.23. The lowest BCUT2D eigenvalue weighted by molar-refractivity contribution is 0.113. The average Bonchev–Trinajstić information content (AvgIpc) is 2.67. The lowest BCUT2D eigenvalue weighted by atomic mass is 10.0. The second-order valence-corrected chi connectivity index (χ2v) is 5.08. The highest BCUT2D eigenvalue weighted by Crippen LogP contribution is 2.21. The largest absolute Gasteiger partial charge is 0.392 e. The molecule has 94 valence electrons. The Hall–Kier alpha value is -0.900. The zero-order chi connectivity index (χ0) is 12.4. The molecule has 2 rings (SSSR count). The van der Waals surface area contributed by atoms with Gasteiger partial charge in [0.05, 0.1) is 12.2 Å². The first kappa shape index (κ1) is 12.6. The molecule has 1 heterocycles. The van der Waals surface area contributed by atoms with Gasteiger partial charge >= 0.3 is 0 Å². The van der Waals surface area contributed by atoms with E-state index in [0.29, 0.717) is 13.1 Å². The molecular formula is C14H21NO2. The predicted octanol–water partition coefficient (Wildman–Crippen LogP) is 1.40. The monoisotopic (exact) mass is 235 g/mol. The van der Waals surface area contributed by atoms with Crippen LogP contribution in [-0.2, 0) is 0 Å². The van der Waals surface area contributed by atoms with Crippen LogP contribution in [0.2, 0.25) is 0 Å². The van der Waals surface area contributed by atoms with Crippen molar-refractivity contribution >= 4 is 0 Å². The number of aryl methyl sites for hydroxylation is 2. The molecule has 1 aliphatic heterocycles. The molecule has 2 N–H and O–H groups in total. The number of β-amino-alcohol motifs (C(OH)–C–C–N with tert-alkyl or cyclic N) is 2. The van der Waals surface area contributed by atoms with Crippen LogP contribution in [0.15, 0.2) is 18.2 Å². The molecule has 0 aromatic heterocycles. The molecule has 3 heteroatoms. The number of benzene rings is 1. The minimum Gasteiger partial charge on any atom is -0.392 e. The zero-order valence-corrected chi connectivity index (χ0v) is 10.6. The molecule has 1 aromatic carbocycles. The highest BCUT2D eigenvalue weighted by atomic mass is 16.3. The molecule has 0 radical (unpaired) electrons. The predicted molar refractivity (Wildman–Crippen MR) is 67.9 cm³/mol. The van der Waals surface area contributed by atoms with Gasteiger partial charge in [-0.15, -0.1) is 0 Å². The van der Waals surface area contributed by atoms with Crippen molar-refractivity contribution in [2.45, 2.75) is 32.5 Å². The van der Waals surface area contributed by atoms with Gasteiger partial charge < -0.3 is 10.2 Å². The second-order valence-electron chi connectivity index (χ2n) is 5.08. The van der Waals surface area contributed by atoms with Crippen LogP contribution in [0.5, 0.6) is 0 Å². The Morgan fingerprint density at radius 1 is 1.41 bits per heavy atom. The van der Waals surface area contributed by atoms with Gasteiger partial charge in [-0.2, -0.15) is 0 Å². The highest BCUT2D eigenvalue weighted by molar-refractivity contribution is 5.32. The number of aliphatic hydroxyl groups excluding tert-OH is 2. The lowest BCUT2D eigenvalue weighted by Gasteiger charge is -2.21. The molecule has 0 saturated carbocycles. The number of aliphatic hydroxyl groups is 2. The summed E-state index contributed by atoms with van der Waals surface area (Å²) in [6.45, 7) is 6.23. The number of rotatable bonds is 3. The SMILES string of the molecule is Cc1ccc(C)c([C@H](O)CN2CC[C@H](O)C2)c1. The van der Waals surface area contributed by atoms with Crippen molar-refractivity contribution in [3.8, 4) is 0 Å². The van der Waals surface area contributed by atoms with Crippen molar-refractivity contribution in [2.75, 3.05) is 19.6 Å². The van der Waals surface area contributed by atoms with Crippen LogP contribution in [-0.4, -0.2) is 40.9 Å². The minimum atomic E-state index is -0.458. The van der Waals surface area contributed by atoms with Crippen molar-refractivity contribution in [3.63, 3.8) is 0 Å². The summed E-state index contributed by atoms with van der Waals surface area (Å²) in [6.07, 6.45) is 0.139. The van der Waals surface area contributed by atoms with E-state index >= 15 is 0 Å². The first-order valence-corrected chi connectivity index (χ1v) is 6.22. The van der Waals surface area contributed by atoms with Gasteiger partial charge in [0, 0.05) is 19.6 Å². The minimum absolute atomic E-state index is 0.221. The molecule has 1 fully saturated rings. The van der Waals surface area contributed by atoms with Gasteiger partial charge in [0.15, 0.2) is 0 Å². The van der Waals surface area contributed by atoms with Crippen molar-refractivity contribution < 1.29 is 10.2 Å². The van der Waals surface area contributed by atoms with E-state index < -0.39 is 6.10 Å². The number of hydrogen-bond donors (Lipinski definition) is 2. The Balaban J connectivity index is 2.04. The Labute approximate surface area is 103 Å². The van der Waals surface area contributed by atoms with E-state index in [4.69, 9.17) is 0 Å². The molecular weight excluding hydrogens is 214 g/mol. The smallest absolute Gasteiger partial charge is 0.0919 e. The van der Waals surface area contributed by atoms with Crippen LogP contribution in [0, 0.1) is 13.8 Å². The number of nitrogens with zero attached hydrogens (tertiary/aromatic N) is 1. The Bertz CT molecular complexity index is 392. The van der Waals surface area contributed by atoms with Crippen molar-refractivity contribution in [1.29, 1.82) is 0 Å². The van der Waals surface area contributed by atoms with Crippen molar-refractivity contribution in [3.05, 3.63) is 34.9 Å². The molecule has 3 nitrogen and oxygen atoms in total. The van der Waals surface area contributed by atoms with E-state index in [2.05, 4.69) is 11.0 Å². The number of hydrogen-bond acceptors (Lipinski definition) is 3. The molecule has 0 spiro atoms. The summed E-state index contributed by atoms with van der Waals surface area (Å²) < 4.78 is 0. The summed E-state index contributed by atoms with van der Waals surface area (Å²) in [7, 11) is 0. The summed E-state index contributed by atoms with van der Waals surface area (Å²) >= 11 is 0. The normalized spacial score (nSPS) is 22.9. The molecule has 2 atom stereocenters. The van der Waals surface area contributed by atoms with E-state index in [1.165, 1.54) is 5.56 Å². The van der Waals surface area contributed by atoms with Crippen LogP contribution in [0.1, 0.15) is 29.2 Å². The molecule has 1 saturated heterocycles. The Morgan fingerprint density at radius 2 is 2.18 bits per heavy atom. The third-order valence-corrected chi connectivity index (χ3v) is 3.47. The molecule has 0 bridgehead atoms. The van der Waals surface area contributed by atoms with Crippen LogP contribution in [0.3, 0.4) is 0 Å². The summed E-state index contributed by atoms with van der Waals surface area (Å²) in [5, 5.41) is 19.7. The van der Waals surface area contributed by atoms with E-state index in [9.17, 15) is 10.2 Å². The van der Waals surface area contributed by atoms with Gasteiger partial charge in [0.25, 0.3) is 0 Å². The first-order chi connectivity index (χ1) is 8.06. The third-order valence-electron chi connectivity index (χ3n) is 3.47. The maximum Gasteiger partial charge on any atom is 0.0919 e. The third kappa shape index (κ3) is 3.06. The lowest BCUT2D eigenvalue weighted by Crippen LogP contribution is -2.27. The van der Waals surface area contributed by atoms with Gasteiger partial charge in [-0.05, 0) is 31.4 Å². The first-order valence-electron chi connectivity index (χ1n) is 6.22. The van der Waals surface area contributed by atoms with Crippen LogP contribution >= 0.6 is 0 Å². The zero-order valence-electron chi connectivity index (χ0n) is 10.6. The van der Waals surface area contributed by atoms with Crippen LogP contribution in [0.4, 0.5) is 0 Å². The fourth-order valence-electron chi connectivity index (χ4n) is 2.44. The molecule has 1 aliphatic rings. The summed E-state index contributed by atoms with van der Waals surface area (Å²) in [5.74, 6) is 0. The quantitative estimate of drug-likeness (QED) is 0.832. The summed E-state index contributed by atoms with van der Waals surface area (Å²) in [6, 6.07) is 6.16. The van der Waals surface area contributed by atoms with Crippen molar-refractivity contribution in [2.24, 2.45) is 0 Å². The molecule has 1 aromatic rings. The standard InChI is InChI=1S/C14H21NO2/c1-10-3-4-11(2)13(7-10)14(17)9-15-6-5-12(16)8-15/h3-4,7,12,14,16-17H,5-6,8-9H2,1-2H3/t12-,14+/m0/s1. The fraction of sp³-hybridized carbons (Fsp3) is 0.571. The molecule has 0 unspecified atom stereocenters. The summed E-state index contributed by atoms with van der Waals surface area (Å²) in [4.78, 5) is 2.12. The maximum absolute atomic E-state index is 10.2. The second kappa shape index (κ2) is 5.17. The van der Waals surface area contributed by atoms with Gasteiger partial charge in [-0.1, -0.05) is 23.8 Å². The van der Waals surface area contributed by atoms with Crippen molar-refractivity contribution in [1.82, 2.24) is 4.90 Å². The molecule has 17 heavy (non-hydrogen) atoms. The summed E-state index contributed by atoms with van der Waals surface area (Å²) in [5.41, 5.74) is 3.31. The van der Waals surface area contributed by atoms with E-state index in [1.54, 1.807) is 0 Å². The Kier molecular flexibility index (Phi) is 3.82. The molecule has 0 amide bonds. The Morgan fingerprint density at radius 3 is 2.82 bits per heavy atom. The van der Waals surface area contributed by atoms with E-state index in [1.807, 2.05) is 26.0 Å². The van der Waals surface area contributed by atoms with E-state index in [0.717, 1.165) is 24.1 Å². The van der Waals surface area contributed by atoms with Crippen LogP contribution < -0.4 is 0 Å². The average molecular weight is 235 g/mol. The van der Waals surface area contributed by atoms with Gasteiger partial charge in [-0.3, -0.25) is 4.90 Å². The van der Waals surface area contributed by atoms with Gasteiger partial charge in [0.2, 0.25) is 0 Å². The number of likely N-dealkylation sites (tertiary alicyclic amines) is 1. The van der Waals surface area contributed by atoms with Gasteiger partial charge in [0.1, 0.15) is 0 Å². The molecule has 0 aliphatic carbocycles. The van der Waals surface area contributed by atoms with Gasteiger partial charge in [-0.25, -0.2) is 0 Å². The fourth-order valence-corrected chi connectivity index (χ4v) is 2.44.